The van der Waals surface area contributed by atoms with E-state index in [0.29, 0.717) is 12.7 Å². The van der Waals surface area contributed by atoms with Crippen LogP contribution >= 0.6 is 0 Å². The van der Waals surface area contributed by atoms with Gasteiger partial charge < -0.3 is 0 Å². The fraction of sp³-hybridized carbons (Fsp3) is 0.571. The van der Waals surface area contributed by atoms with Crippen molar-refractivity contribution >= 4 is 16.1 Å². The molecular formula is C7H8O3S. The maximum atomic E-state index is 10.8. The average molecular weight is 172 g/mol. The van der Waals surface area contributed by atoms with Crippen LogP contribution in [0.15, 0.2) is 0 Å². The van der Waals surface area contributed by atoms with Gasteiger partial charge in [0.1, 0.15) is 0 Å². The van der Waals surface area contributed by atoms with Crippen molar-refractivity contribution < 1.29 is 13.2 Å². The summed E-state index contributed by atoms with van der Waals surface area (Å²) in [4.78, 5) is 9.80. The van der Waals surface area contributed by atoms with Crippen LogP contribution in [0.4, 0.5) is 0 Å². The smallest absolute Gasteiger partial charge is 0.192 e. The van der Waals surface area contributed by atoms with Gasteiger partial charge in [-0.3, -0.25) is 4.79 Å². The first-order valence-corrected chi connectivity index (χ1v) is 5.11. The maximum Gasteiger partial charge on any atom is 0.192 e. The largest absolute Gasteiger partial charge is 0.289 e. The lowest BCUT2D eigenvalue weighted by atomic mass is 10.1. The molecule has 1 rings (SSSR count). The molecule has 1 fully saturated rings. The molecule has 60 valence electrons. The van der Waals surface area contributed by atoms with E-state index in [4.69, 9.17) is 0 Å². The Morgan fingerprint density at radius 2 is 2.18 bits per heavy atom. The van der Waals surface area contributed by atoms with Crippen molar-refractivity contribution in [1.82, 2.24) is 0 Å². The van der Waals surface area contributed by atoms with E-state index < -0.39 is 9.84 Å². The van der Waals surface area contributed by atoms with Gasteiger partial charge in [-0.15, -0.1) is 0 Å². The van der Waals surface area contributed by atoms with Gasteiger partial charge in [0.2, 0.25) is 0 Å². The van der Waals surface area contributed by atoms with Gasteiger partial charge in [0, 0.05) is 5.92 Å². The summed E-state index contributed by atoms with van der Waals surface area (Å²) in [5.74, 6) is 5.03. The van der Waals surface area contributed by atoms with Crippen molar-refractivity contribution in [1.29, 1.82) is 0 Å². The summed E-state index contributed by atoms with van der Waals surface area (Å²) >= 11 is 0. The molecule has 0 amide bonds. The van der Waals surface area contributed by atoms with Gasteiger partial charge in [-0.1, -0.05) is 5.92 Å². The summed E-state index contributed by atoms with van der Waals surface area (Å²) in [7, 11) is -2.84. The van der Waals surface area contributed by atoms with Gasteiger partial charge in [-0.25, -0.2) is 8.42 Å². The minimum atomic E-state index is -2.84. The van der Waals surface area contributed by atoms with Crippen LogP contribution < -0.4 is 0 Å². The molecule has 0 bridgehead atoms. The number of sulfone groups is 1. The fourth-order valence-corrected chi connectivity index (χ4v) is 2.73. The molecule has 4 heteroatoms. The Morgan fingerprint density at radius 1 is 1.45 bits per heavy atom. The highest BCUT2D eigenvalue weighted by Gasteiger charge is 2.26. The number of rotatable bonds is 0. The quantitative estimate of drug-likeness (QED) is 0.370. The third-order valence-corrected chi connectivity index (χ3v) is 3.35. The molecule has 1 unspecified atom stereocenters. The maximum absolute atomic E-state index is 10.8. The zero-order valence-corrected chi connectivity index (χ0v) is 6.73. The van der Waals surface area contributed by atoms with Crippen LogP contribution in [0.25, 0.3) is 0 Å². The third-order valence-electron chi connectivity index (χ3n) is 1.58. The van der Waals surface area contributed by atoms with Crippen LogP contribution in [0.2, 0.25) is 0 Å². The molecule has 3 nitrogen and oxygen atoms in total. The standard InChI is InChI=1S/C7H8O3S/c8-4-1-2-7-3-5-11(9,10)6-7/h4,7H,3,5-6H2. The molecule has 0 saturated carbocycles. The van der Waals surface area contributed by atoms with Gasteiger partial charge in [-0.2, -0.15) is 0 Å². The minimum absolute atomic E-state index is 0.119. The molecule has 0 aromatic rings. The molecule has 11 heavy (non-hydrogen) atoms. The zero-order chi connectivity index (χ0) is 8.32. The lowest BCUT2D eigenvalue weighted by Gasteiger charge is -1.91. The molecule has 1 saturated heterocycles. The predicted octanol–water partition coefficient (Wildman–Crippen LogP) is -0.377. The van der Waals surface area contributed by atoms with Crippen molar-refractivity contribution in [3.63, 3.8) is 0 Å². The first kappa shape index (κ1) is 8.28. The van der Waals surface area contributed by atoms with Gasteiger partial charge in [0.05, 0.1) is 11.5 Å². The van der Waals surface area contributed by atoms with Crippen LogP contribution in [0.5, 0.6) is 0 Å². The number of hydrogen-bond acceptors (Lipinski definition) is 3. The molecule has 1 atom stereocenters. The zero-order valence-electron chi connectivity index (χ0n) is 5.91. The minimum Gasteiger partial charge on any atom is -0.289 e. The Bertz CT molecular complexity index is 304. The highest BCUT2D eigenvalue weighted by Crippen LogP contribution is 2.16. The van der Waals surface area contributed by atoms with Crippen molar-refractivity contribution in [2.75, 3.05) is 11.5 Å². The van der Waals surface area contributed by atoms with Crippen molar-refractivity contribution in [3.8, 4) is 11.8 Å². The van der Waals surface area contributed by atoms with E-state index in [9.17, 15) is 13.2 Å². The summed E-state index contributed by atoms with van der Waals surface area (Å²) in [6.45, 7) is 0. The van der Waals surface area contributed by atoms with Gasteiger partial charge in [-0.05, 0) is 12.3 Å². The number of carbonyl (C=O) groups excluding carboxylic acids is 1. The first-order valence-electron chi connectivity index (χ1n) is 3.29. The molecule has 1 aliphatic rings. The molecule has 0 aliphatic carbocycles. The van der Waals surface area contributed by atoms with Crippen LogP contribution in [0.1, 0.15) is 6.42 Å². The van der Waals surface area contributed by atoms with E-state index >= 15 is 0 Å². The normalized spacial score (nSPS) is 27.1. The van der Waals surface area contributed by atoms with Crippen molar-refractivity contribution in [2.24, 2.45) is 5.92 Å². The topological polar surface area (TPSA) is 51.2 Å². The molecule has 1 aliphatic heterocycles. The molecule has 0 N–H and O–H groups in total. The van der Waals surface area contributed by atoms with E-state index in [2.05, 4.69) is 11.8 Å². The summed E-state index contributed by atoms with van der Waals surface area (Å²) in [5.41, 5.74) is 0. The van der Waals surface area contributed by atoms with E-state index in [1.54, 1.807) is 0 Å². The van der Waals surface area contributed by atoms with Crippen LogP contribution in [0, 0.1) is 17.8 Å². The molecule has 0 spiro atoms. The van der Waals surface area contributed by atoms with E-state index in [1.165, 1.54) is 0 Å². The lowest BCUT2D eigenvalue weighted by Crippen LogP contribution is -2.02. The highest BCUT2D eigenvalue weighted by atomic mass is 32.2. The van der Waals surface area contributed by atoms with E-state index in [-0.39, 0.29) is 17.4 Å². The second-order valence-corrected chi connectivity index (χ2v) is 4.74. The highest BCUT2D eigenvalue weighted by molar-refractivity contribution is 7.91. The number of carbonyl (C=O) groups is 1. The number of hydrogen-bond donors (Lipinski definition) is 0. The Balaban J connectivity index is 2.62. The van der Waals surface area contributed by atoms with E-state index in [1.807, 2.05) is 0 Å². The lowest BCUT2D eigenvalue weighted by molar-refractivity contribution is -0.103. The second-order valence-electron chi connectivity index (χ2n) is 2.51. The monoisotopic (exact) mass is 172 g/mol. The summed E-state index contributed by atoms with van der Waals surface area (Å²) < 4.78 is 21.7. The SMILES string of the molecule is O=CC#CC1CCS(=O)(=O)C1. The molecule has 0 aromatic carbocycles. The van der Waals surface area contributed by atoms with Crippen LogP contribution in [0.3, 0.4) is 0 Å². The predicted molar refractivity (Wildman–Crippen MR) is 40.6 cm³/mol. The number of aldehydes is 1. The second kappa shape index (κ2) is 3.05. The molecule has 0 aromatic heterocycles. The van der Waals surface area contributed by atoms with Crippen LogP contribution in [-0.2, 0) is 14.6 Å². The van der Waals surface area contributed by atoms with Crippen molar-refractivity contribution in [2.45, 2.75) is 6.42 Å². The van der Waals surface area contributed by atoms with Gasteiger partial charge in [0.15, 0.2) is 16.1 Å². The Labute approximate surface area is 65.7 Å². The van der Waals surface area contributed by atoms with Gasteiger partial charge in [0.25, 0.3) is 0 Å². The Hall–Kier alpha value is -0.820. The molecule has 0 radical (unpaired) electrons. The summed E-state index contributed by atoms with van der Waals surface area (Å²) in [5, 5.41) is 0. The fourth-order valence-electron chi connectivity index (χ4n) is 1.06. The Kier molecular flexibility index (Phi) is 2.30. The molecule has 1 heterocycles. The van der Waals surface area contributed by atoms with E-state index in [0.717, 1.165) is 0 Å². The Morgan fingerprint density at radius 3 is 2.64 bits per heavy atom. The first-order chi connectivity index (χ1) is 5.14. The third kappa shape index (κ3) is 2.35. The summed E-state index contributed by atoms with van der Waals surface area (Å²) in [6, 6.07) is 0. The summed E-state index contributed by atoms with van der Waals surface area (Å²) in [6.07, 6.45) is 1.06. The van der Waals surface area contributed by atoms with Crippen molar-refractivity contribution in [3.05, 3.63) is 0 Å². The average Bonchev–Trinajstić information content (AvgIpc) is 2.26. The van der Waals surface area contributed by atoms with Gasteiger partial charge >= 0.3 is 0 Å². The molecular weight excluding hydrogens is 164 g/mol. The van der Waals surface area contributed by atoms with Crippen LogP contribution in [-0.4, -0.2) is 26.2 Å².